The van der Waals surface area contributed by atoms with E-state index in [1.54, 1.807) is 6.26 Å². The number of ether oxygens (including phenoxy) is 1. The van der Waals surface area contributed by atoms with E-state index in [4.69, 9.17) is 30.7 Å². The van der Waals surface area contributed by atoms with Crippen molar-refractivity contribution in [2.75, 3.05) is 6.61 Å². The first-order valence-electron chi connectivity index (χ1n) is 9.88. The van der Waals surface area contributed by atoms with Crippen molar-refractivity contribution >= 4 is 22.8 Å². The topological polar surface area (TPSA) is 66.0 Å². The Kier molecular flexibility index (Phi) is 4.81. The number of halogens is 1. The summed E-state index contributed by atoms with van der Waals surface area (Å²) in [5.41, 5.74) is 2.38. The van der Waals surface area contributed by atoms with Gasteiger partial charge in [0.2, 0.25) is 0 Å². The van der Waals surface area contributed by atoms with Gasteiger partial charge in [0.15, 0.2) is 22.4 Å². The highest BCUT2D eigenvalue weighted by Crippen LogP contribution is 2.35. The third-order valence-electron chi connectivity index (χ3n) is 5.39. The average molecular weight is 409 g/mol. The number of hydrogen-bond donors (Lipinski definition) is 0. The van der Waals surface area contributed by atoms with Crippen LogP contribution in [0.25, 0.3) is 22.7 Å². The Hall–Kier alpha value is -2.70. The minimum absolute atomic E-state index is 0.000729. The molecule has 2 atom stereocenters. The molecule has 1 fully saturated rings. The van der Waals surface area contributed by atoms with Crippen molar-refractivity contribution < 1.29 is 9.15 Å². The smallest absolute Gasteiger partial charge is 0.180 e. The molecular formula is C22H21ClN4O2. The van der Waals surface area contributed by atoms with Crippen LogP contribution < -0.4 is 0 Å². The SMILES string of the molecule is CC(c1ccccc1)c1nc(Cl)c2nc(-c3ccco3)n(C3CCCCO3)c2n1. The predicted octanol–water partition coefficient (Wildman–Crippen LogP) is 5.59. The van der Waals surface area contributed by atoms with Crippen LogP contribution in [0, 0.1) is 0 Å². The van der Waals surface area contributed by atoms with Gasteiger partial charge in [0.25, 0.3) is 0 Å². The number of aromatic nitrogens is 4. The number of nitrogens with zero attached hydrogens (tertiary/aromatic N) is 4. The molecule has 0 amide bonds. The van der Waals surface area contributed by atoms with Crippen LogP contribution in [0.1, 0.15) is 49.7 Å². The molecule has 0 N–H and O–H groups in total. The van der Waals surface area contributed by atoms with Gasteiger partial charge < -0.3 is 9.15 Å². The number of fused-ring (bicyclic) bond motifs is 1. The molecule has 0 radical (unpaired) electrons. The first kappa shape index (κ1) is 18.3. The zero-order chi connectivity index (χ0) is 19.8. The second kappa shape index (κ2) is 7.61. The van der Waals surface area contributed by atoms with Crippen molar-refractivity contribution in [3.05, 3.63) is 65.3 Å². The maximum Gasteiger partial charge on any atom is 0.180 e. The summed E-state index contributed by atoms with van der Waals surface area (Å²) in [6.07, 6.45) is 4.53. The summed E-state index contributed by atoms with van der Waals surface area (Å²) >= 11 is 6.58. The van der Waals surface area contributed by atoms with Crippen LogP contribution in [0.5, 0.6) is 0 Å². The summed E-state index contributed by atoms with van der Waals surface area (Å²) in [5, 5.41) is 0.343. The van der Waals surface area contributed by atoms with Gasteiger partial charge in [-0.25, -0.2) is 15.0 Å². The van der Waals surface area contributed by atoms with Crippen LogP contribution in [-0.2, 0) is 4.74 Å². The van der Waals surface area contributed by atoms with Gasteiger partial charge in [-0.1, -0.05) is 48.9 Å². The standard InChI is InChI=1S/C22H21ClN4O2/c1-14(15-8-3-2-4-9-15)20-25-19(23)18-22(26-20)27(17-11-5-6-12-29-17)21(24-18)16-10-7-13-28-16/h2-4,7-10,13-14,17H,5-6,11-12H2,1H3. The van der Waals surface area contributed by atoms with E-state index in [1.165, 1.54) is 0 Å². The monoisotopic (exact) mass is 408 g/mol. The van der Waals surface area contributed by atoms with E-state index in [0.717, 1.165) is 24.8 Å². The van der Waals surface area contributed by atoms with Crippen molar-refractivity contribution in [3.8, 4) is 11.6 Å². The number of hydrogen-bond acceptors (Lipinski definition) is 5. The molecule has 0 saturated carbocycles. The van der Waals surface area contributed by atoms with Crippen molar-refractivity contribution in [2.45, 2.75) is 38.3 Å². The Morgan fingerprint density at radius 1 is 1.07 bits per heavy atom. The van der Waals surface area contributed by atoms with Crippen molar-refractivity contribution in [1.82, 2.24) is 19.5 Å². The lowest BCUT2D eigenvalue weighted by atomic mass is 10.0. The molecule has 1 aliphatic heterocycles. The molecule has 0 bridgehead atoms. The van der Waals surface area contributed by atoms with Gasteiger partial charge in [-0.3, -0.25) is 4.57 Å². The summed E-state index contributed by atoms with van der Waals surface area (Å²) in [7, 11) is 0. The van der Waals surface area contributed by atoms with E-state index >= 15 is 0 Å². The molecule has 148 valence electrons. The number of rotatable bonds is 4. The first-order valence-corrected chi connectivity index (χ1v) is 10.3. The molecular weight excluding hydrogens is 388 g/mol. The number of benzene rings is 1. The molecule has 6 nitrogen and oxygen atoms in total. The summed E-state index contributed by atoms with van der Waals surface area (Å²) in [4.78, 5) is 14.2. The van der Waals surface area contributed by atoms with Gasteiger partial charge in [-0.15, -0.1) is 0 Å². The highest BCUT2D eigenvalue weighted by molar-refractivity contribution is 6.33. The van der Waals surface area contributed by atoms with Gasteiger partial charge in [0.1, 0.15) is 17.6 Å². The fraction of sp³-hybridized carbons (Fsp3) is 0.318. The van der Waals surface area contributed by atoms with E-state index in [0.29, 0.717) is 40.3 Å². The normalized spacial score (nSPS) is 18.2. The Morgan fingerprint density at radius 3 is 2.66 bits per heavy atom. The van der Waals surface area contributed by atoms with E-state index in [9.17, 15) is 0 Å². The number of imidazole rings is 1. The molecule has 1 aliphatic rings. The summed E-state index contributed by atoms with van der Waals surface area (Å²) in [6, 6.07) is 13.9. The third-order valence-corrected chi connectivity index (χ3v) is 5.65. The van der Waals surface area contributed by atoms with Gasteiger partial charge in [0, 0.05) is 12.5 Å². The maximum atomic E-state index is 6.58. The molecule has 1 aromatic carbocycles. The van der Waals surface area contributed by atoms with Crippen molar-refractivity contribution in [1.29, 1.82) is 0 Å². The predicted molar refractivity (Wildman–Crippen MR) is 111 cm³/mol. The second-order valence-electron chi connectivity index (χ2n) is 7.28. The lowest BCUT2D eigenvalue weighted by molar-refractivity contribution is -0.0289. The quantitative estimate of drug-likeness (QED) is 0.412. The van der Waals surface area contributed by atoms with E-state index in [2.05, 4.69) is 24.0 Å². The highest BCUT2D eigenvalue weighted by Gasteiger charge is 2.27. The fourth-order valence-corrected chi connectivity index (χ4v) is 4.03. The Morgan fingerprint density at radius 2 is 1.93 bits per heavy atom. The zero-order valence-electron chi connectivity index (χ0n) is 16.1. The van der Waals surface area contributed by atoms with Crippen LogP contribution >= 0.6 is 11.6 Å². The van der Waals surface area contributed by atoms with Crippen LogP contribution in [0.3, 0.4) is 0 Å². The largest absolute Gasteiger partial charge is 0.461 e. The second-order valence-corrected chi connectivity index (χ2v) is 7.64. The minimum atomic E-state index is -0.153. The Labute approximate surface area is 173 Å². The molecule has 7 heteroatoms. The van der Waals surface area contributed by atoms with Crippen LogP contribution in [0.2, 0.25) is 5.15 Å². The van der Waals surface area contributed by atoms with Gasteiger partial charge in [-0.2, -0.15) is 0 Å². The minimum Gasteiger partial charge on any atom is -0.461 e. The molecule has 5 rings (SSSR count). The summed E-state index contributed by atoms with van der Waals surface area (Å²) in [5.74, 6) is 1.99. The average Bonchev–Trinajstić information content (AvgIpc) is 3.42. The molecule has 0 aliphatic carbocycles. The van der Waals surface area contributed by atoms with Gasteiger partial charge in [0.05, 0.1) is 6.26 Å². The van der Waals surface area contributed by atoms with E-state index < -0.39 is 0 Å². The van der Waals surface area contributed by atoms with Crippen LogP contribution in [0.15, 0.2) is 53.1 Å². The summed E-state index contributed by atoms with van der Waals surface area (Å²) in [6.45, 7) is 2.80. The molecule has 1 saturated heterocycles. The Bertz CT molecular complexity index is 1120. The molecule has 2 unspecified atom stereocenters. The zero-order valence-corrected chi connectivity index (χ0v) is 16.8. The molecule has 0 spiro atoms. The summed E-state index contributed by atoms with van der Waals surface area (Å²) < 4.78 is 13.7. The van der Waals surface area contributed by atoms with Crippen molar-refractivity contribution in [3.63, 3.8) is 0 Å². The first-order chi connectivity index (χ1) is 14.2. The van der Waals surface area contributed by atoms with E-state index in [-0.39, 0.29) is 12.1 Å². The lowest BCUT2D eigenvalue weighted by Crippen LogP contribution is -2.19. The van der Waals surface area contributed by atoms with Gasteiger partial charge in [-0.05, 0) is 37.0 Å². The third kappa shape index (κ3) is 3.32. The molecule has 4 aromatic rings. The lowest BCUT2D eigenvalue weighted by Gasteiger charge is -2.25. The molecule has 3 aromatic heterocycles. The van der Waals surface area contributed by atoms with Crippen LogP contribution in [0.4, 0.5) is 0 Å². The highest BCUT2D eigenvalue weighted by atomic mass is 35.5. The van der Waals surface area contributed by atoms with E-state index in [1.807, 2.05) is 34.9 Å². The fourth-order valence-electron chi connectivity index (χ4n) is 3.82. The number of furan rings is 1. The van der Waals surface area contributed by atoms with Crippen molar-refractivity contribution in [2.24, 2.45) is 0 Å². The Balaban J connectivity index is 1.70. The van der Waals surface area contributed by atoms with Crippen LogP contribution in [-0.4, -0.2) is 26.1 Å². The van der Waals surface area contributed by atoms with Gasteiger partial charge >= 0.3 is 0 Å². The molecule has 29 heavy (non-hydrogen) atoms. The maximum absolute atomic E-state index is 6.58. The molecule has 4 heterocycles.